The third-order valence-electron chi connectivity index (χ3n) is 8.24. The summed E-state index contributed by atoms with van der Waals surface area (Å²) in [4.78, 5) is 24.2. The molecule has 234 valence electrons. The summed E-state index contributed by atoms with van der Waals surface area (Å²) >= 11 is 0. The molecule has 0 aliphatic carbocycles. The molecule has 6 heterocycles. The van der Waals surface area contributed by atoms with Crippen molar-refractivity contribution in [3.8, 4) is 17.3 Å². The van der Waals surface area contributed by atoms with E-state index in [1.807, 2.05) is 58.0 Å². The number of rotatable bonds is 3. The maximum Gasteiger partial charge on any atom is 0.337 e. The van der Waals surface area contributed by atoms with E-state index in [4.69, 9.17) is 28.7 Å². The normalized spacial score (nSPS) is 18.2. The first kappa shape index (κ1) is 30.1. The zero-order chi connectivity index (χ0) is 31.1. The van der Waals surface area contributed by atoms with Crippen LogP contribution < -0.4 is 9.64 Å². The summed E-state index contributed by atoms with van der Waals surface area (Å²) in [7, 11) is 0. The molecule has 0 radical (unpaired) electrons. The standard InChI is InChI=1S/C33H41N5O6/c1-21-27(28(31(39)40)44-32(2,3)4)30-37-14-12-33(5,13-15-37)42-17-9-8-16-41-25-11-7-6-10-22(25)18-23-20-34-29(43-23)24-19-26(35-21)38(30)36-24/h6-7,10-11,19-20,28H,8-9,12-18H2,1-5H3,(H,39,40). The number of anilines is 1. The first-order valence-corrected chi connectivity index (χ1v) is 15.4. The lowest BCUT2D eigenvalue weighted by atomic mass is 9.92. The topological polar surface area (TPSA) is 124 Å². The average molecular weight is 604 g/mol. The van der Waals surface area contributed by atoms with Crippen molar-refractivity contribution in [2.45, 2.75) is 84.0 Å². The molecule has 1 atom stereocenters. The number of benzene rings is 1. The second-order valence-electron chi connectivity index (χ2n) is 12.9. The molecule has 3 aliphatic rings. The molecular weight excluding hydrogens is 562 g/mol. The van der Waals surface area contributed by atoms with E-state index in [9.17, 15) is 9.90 Å². The maximum atomic E-state index is 12.7. The van der Waals surface area contributed by atoms with Crippen LogP contribution in [-0.4, -0.2) is 68.2 Å². The lowest BCUT2D eigenvalue weighted by molar-refractivity contribution is -0.160. The molecule has 6 bridgehead atoms. The van der Waals surface area contributed by atoms with Crippen molar-refractivity contribution >= 4 is 17.4 Å². The van der Waals surface area contributed by atoms with E-state index in [1.54, 1.807) is 10.7 Å². The predicted molar refractivity (Wildman–Crippen MR) is 164 cm³/mol. The fourth-order valence-electron chi connectivity index (χ4n) is 5.94. The van der Waals surface area contributed by atoms with Crippen LogP contribution in [0.4, 0.5) is 5.82 Å². The summed E-state index contributed by atoms with van der Waals surface area (Å²) in [5.41, 5.74) is 2.17. The number of carbonyl (C=O) groups is 1. The van der Waals surface area contributed by atoms with Crippen molar-refractivity contribution in [2.24, 2.45) is 0 Å². The monoisotopic (exact) mass is 603 g/mol. The van der Waals surface area contributed by atoms with Gasteiger partial charge in [0.1, 0.15) is 17.3 Å². The van der Waals surface area contributed by atoms with Crippen LogP contribution in [0.25, 0.3) is 17.2 Å². The quantitative estimate of drug-likeness (QED) is 0.308. The zero-order valence-electron chi connectivity index (χ0n) is 26.1. The summed E-state index contributed by atoms with van der Waals surface area (Å²) in [5.74, 6) is 1.45. The van der Waals surface area contributed by atoms with Crippen LogP contribution in [0.2, 0.25) is 0 Å². The highest BCUT2D eigenvalue weighted by Gasteiger charge is 2.38. The number of oxazole rings is 1. The fourth-order valence-corrected chi connectivity index (χ4v) is 5.94. The van der Waals surface area contributed by atoms with Gasteiger partial charge in [-0.05, 0) is 66.4 Å². The molecule has 1 aromatic carbocycles. The van der Waals surface area contributed by atoms with Gasteiger partial charge in [-0.25, -0.2) is 14.8 Å². The third-order valence-corrected chi connectivity index (χ3v) is 8.24. The van der Waals surface area contributed by atoms with Gasteiger partial charge >= 0.3 is 5.97 Å². The number of ether oxygens (including phenoxy) is 3. The number of nitrogens with zero attached hydrogens (tertiary/aromatic N) is 5. The Morgan fingerprint density at radius 3 is 2.64 bits per heavy atom. The Bertz CT molecular complexity index is 1650. The molecule has 7 rings (SSSR count). The molecule has 1 N–H and O–H groups in total. The first-order chi connectivity index (χ1) is 21.0. The van der Waals surface area contributed by atoms with Gasteiger partial charge in [0.2, 0.25) is 5.89 Å². The Morgan fingerprint density at radius 1 is 1.14 bits per heavy atom. The highest BCUT2D eigenvalue weighted by molar-refractivity contribution is 5.78. The molecule has 1 unspecified atom stereocenters. The smallest absolute Gasteiger partial charge is 0.337 e. The number of hydrogen-bond donors (Lipinski definition) is 1. The summed E-state index contributed by atoms with van der Waals surface area (Å²) in [6.45, 7) is 12.1. The van der Waals surface area contributed by atoms with Crippen molar-refractivity contribution in [1.82, 2.24) is 19.6 Å². The minimum atomic E-state index is -1.24. The Kier molecular flexibility index (Phi) is 8.10. The van der Waals surface area contributed by atoms with Crippen LogP contribution >= 0.6 is 0 Å². The largest absolute Gasteiger partial charge is 0.493 e. The van der Waals surface area contributed by atoms with E-state index in [2.05, 4.69) is 16.8 Å². The van der Waals surface area contributed by atoms with Crippen molar-refractivity contribution in [3.63, 3.8) is 0 Å². The van der Waals surface area contributed by atoms with Crippen LogP contribution in [0.3, 0.4) is 0 Å². The number of aromatic nitrogens is 4. The van der Waals surface area contributed by atoms with Gasteiger partial charge in [-0.15, -0.1) is 0 Å². The molecule has 1 saturated heterocycles. The molecule has 1 fully saturated rings. The van der Waals surface area contributed by atoms with E-state index in [0.29, 0.717) is 72.8 Å². The molecule has 11 nitrogen and oxygen atoms in total. The molecule has 0 saturated carbocycles. The molecule has 0 amide bonds. The van der Waals surface area contributed by atoms with Gasteiger partial charge in [0.05, 0.1) is 29.6 Å². The third kappa shape index (κ3) is 6.30. The number of fused-ring (bicyclic) bond motifs is 7. The summed E-state index contributed by atoms with van der Waals surface area (Å²) < 4.78 is 26.6. The van der Waals surface area contributed by atoms with Crippen LogP contribution in [-0.2, 0) is 20.7 Å². The van der Waals surface area contributed by atoms with E-state index in [1.165, 1.54) is 0 Å². The Morgan fingerprint density at radius 2 is 1.89 bits per heavy atom. The summed E-state index contributed by atoms with van der Waals surface area (Å²) in [5, 5.41) is 15.3. The Hall–Kier alpha value is -3.96. The van der Waals surface area contributed by atoms with Crippen LogP contribution in [0.1, 0.15) is 82.1 Å². The van der Waals surface area contributed by atoms with E-state index >= 15 is 0 Å². The van der Waals surface area contributed by atoms with Gasteiger partial charge in [-0.2, -0.15) is 9.61 Å². The van der Waals surface area contributed by atoms with Gasteiger partial charge in [-0.1, -0.05) is 18.2 Å². The molecule has 44 heavy (non-hydrogen) atoms. The number of aliphatic carboxylic acids is 1. The highest BCUT2D eigenvalue weighted by atomic mass is 16.5. The minimum Gasteiger partial charge on any atom is -0.493 e. The van der Waals surface area contributed by atoms with Gasteiger partial charge in [0.15, 0.2) is 17.4 Å². The number of carboxylic acids is 1. The van der Waals surface area contributed by atoms with Crippen LogP contribution in [0.5, 0.6) is 5.75 Å². The van der Waals surface area contributed by atoms with Crippen LogP contribution in [0.15, 0.2) is 40.9 Å². The summed E-state index contributed by atoms with van der Waals surface area (Å²) in [6, 6.07) is 9.79. The van der Waals surface area contributed by atoms with Crippen LogP contribution in [0, 0.1) is 6.92 Å². The van der Waals surface area contributed by atoms with E-state index in [-0.39, 0.29) is 5.60 Å². The minimum absolute atomic E-state index is 0.288. The second kappa shape index (κ2) is 11.9. The lowest BCUT2D eigenvalue weighted by Crippen LogP contribution is -2.46. The van der Waals surface area contributed by atoms with Crippen molar-refractivity contribution in [1.29, 1.82) is 0 Å². The molecule has 3 aromatic heterocycles. The van der Waals surface area contributed by atoms with Gasteiger partial charge in [0, 0.05) is 43.4 Å². The molecule has 11 heteroatoms. The van der Waals surface area contributed by atoms with Crippen molar-refractivity contribution in [2.75, 3.05) is 31.2 Å². The Balaban J connectivity index is 1.47. The molecule has 3 aliphatic heterocycles. The number of piperidine rings is 1. The van der Waals surface area contributed by atoms with Gasteiger partial charge < -0.3 is 28.6 Å². The van der Waals surface area contributed by atoms with Gasteiger partial charge in [0.25, 0.3) is 0 Å². The highest BCUT2D eigenvalue weighted by Crippen LogP contribution is 2.38. The second-order valence-corrected chi connectivity index (χ2v) is 12.9. The Labute approximate surface area is 257 Å². The number of hydrogen-bond acceptors (Lipinski definition) is 9. The maximum absolute atomic E-state index is 12.7. The van der Waals surface area contributed by atoms with Gasteiger partial charge in [-0.3, -0.25) is 0 Å². The predicted octanol–water partition coefficient (Wildman–Crippen LogP) is 5.77. The number of para-hydroxylation sites is 1. The zero-order valence-corrected chi connectivity index (χ0v) is 26.1. The molecular formula is C33H41N5O6. The SMILES string of the molecule is Cc1nc2cc3nn2c(c1C(OC(C)(C)C)C(=O)O)N1CCC(C)(CC1)OCCCCOc1ccccc1Cc1cnc-3o1. The first-order valence-electron chi connectivity index (χ1n) is 15.4. The number of aryl methyl sites for hydroxylation is 1. The lowest BCUT2D eigenvalue weighted by Gasteiger charge is -2.41. The van der Waals surface area contributed by atoms with E-state index in [0.717, 1.165) is 37.0 Å². The summed E-state index contributed by atoms with van der Waals surface area (Å²) in [6.07, 6.45) is 4.31. The molecule has 0 spiro atoms. The fraction of sp³-hybridized carbons (Fsp3) is 0.515. The van der Waals surface area contributed by atoms with Crippen molar-refractivity contribution < 1.29 is 28.5 Å². The molecule has 4 aromatic rings. The van der Waals surface area contributed by atoms with E-state index < -0.39 is 17.7 Å². The number of carboxylic acid groups (broad SMARTS) is 1. The van der Waals surface area contributed by atoms with Crippen molar-refractivity contribution in [3.05, 3.63) is 59.1 Å². The average Bonchev–Trinajstić information content (AvgIpc) is 3.60.